The molecule has 1 aliphatic rings. The SMILES string of the molecule is Cc1ccc(F)c(OC2CC2)c1. The molecule has 0 atom stereocenters. The number of aryl methyl sites for hydroxylation is 1. The first-order chi connectivity index (χ1) is 5.75. The topological polar surface area (TPSA) is 9.23 Å². The van der Waals surface area contributed by atoms with Crippen LogP contribution in [0.1, 0.15) is 18.4 Å². The van der Waals surface area contributed by atoms with Gasteiger partial charge in [-0.2, -0.15) is 0 Å². The Morgan fingerprint density at radius 2 is 2.17 bits per heavy atom. The smallest absolute Gasteiger partial charge is 0.165 e. The fraction of sp³-hybridized carbons (Fsp3) is 0.400. The largest absolute Gasteiger partial charge is 0.487 e. The monoisotopic (exact) mass is 166 g/mol. The minimum absolute atomic E-state index is 0.257. The Labute approximate surface area is 71.2 Å². The molecule has 0 saturated heterocycles. The van der Waals surface area contributed by atoms with Crippen LogP contribution in [0, 0.1) is 12.7 Å². The highest BCUT2D eigenvalue weighted by Gasteiger charge is 2.24. The third-order valence-corrected chi connectivity index (χ3v) is 1.90. The number of ether oxygens (including phenoxy) is 1. The third-order valence-electron chi connectivity index (χ3n) is 1.90. The van der Waals surface area contributed by atoms with Crippen molar-refractivity contribution in [2.45, 2.75) is 25.9 Å². The molecule has 1 nitrogen and oxygen atoms in total. The molecule has 0 aromatic heterocycles. The van der Waals surface area contributed by atoms with Gasteiger partial charge in [0.05, 0.1) is 6.10 Å². The van der Waals surface area contributed by atoms with Crippen molar-refractivity contribution in [3.8, 4) is 5.75 Å². The van der Waals surface area contributed by atoms with Crippen LogP contribution < -0.4 is 4.74 Å². The number of halogens is 1. The van der Waals surface area contributed by atoms with E-state index < -0.39 is 0 Å². The molecule has 0 radical (unpaired) electrons. The Hall–Kier alpha value is -1.05. The molecule has 0 aliphatic heterocycles. The first-order valence-corrected chi connectivity index (χ1v) is 4.18. The molecule has 1 aliphatic carbocycles. The standard InChI is InChI=1S/C10H11FO/c1-7-2-5-9(11)10(6-7)12-8-3-4-8/h2,5-6,8H,3-4H2,1H3. The van der Waals surface area contributed by atoms with Crippen LogP contribution in [0.3, 0.4) is 0 Å². The molecule has 64 valence electrons. The lowest BCUT2D eigenvalue weighted by Gasteiger charge is -2.05. The van der Waals surface area contributed by atoms with Crippen molar-refractivity contribution in [1.82, 2.24) is 0 Å². The molecule has 2 heteroatoms. The van der Waals surface area contributed by atoms with Crippen LogP contribution in [0.25, 0.3) is 0 Å². The molecule has 0 amide bonds. The van der Waals surface area contributed by atoms with E-state index in [2.05, 4.69) is 0 Å². The Balaban J connectivity index is 2.21. The normalized spacial score (nSPS) is 16.2. The predicted molar refractivity (Wildman–Crippen MR) is 44.8 cm³/mol. The average molecular weight is 166 g/mol. The maximum absolute atomic E-state index is 13.0. The van der Waals surface area contributed by atoms with Crippen molar-refractivity contribution in [2.75, 3.05) is 0 Å². The molecule has 1 fully saturated rings. The quantitative estimate of drug-likeness (QED) is 0.656. The van der Waals surface area contributed by atoms with Crippen LogP contribution in [0.4, 0.5) is 4.39 Å². The molecule has 0 spiro atoms. The molecule has 2 rings (SSSR count). The summed E-state index contributed by atoms with van der Waals surface area (Å²) in [5.74, 6) is 0.144. The summed E-state index contributed by atoms with van der Waals surface area (Å²) in [6.07, 6.45) is 2.39. The lowest BCUT2D eigenvalue weighted by Crippen LogP contribution is -1.98. The first-order valence-electron chi connectivity index (χ1n) is 4.18. The summed E-state index contributed by atoms with van der Waals surface area (Å²) in [6, 6.07) is 4.94. The van der Waals surface area contributed by atoms with Gasteiger partial charge < -0.3 is 4.74 Å². The second kappa shape index (κ2) is 2.77. The van der Waals surface area contributed by atoms with Gasteiger partial charge in [0.2, 0.25) is 0 Å². The zero-order chi connectivity index (χ0) is 8.55. The van der Waals surface area contributed by atoms with Crippen LogP contribution in [-0.4, -0.2) is 6.10 Å². The van der Waals surface area contributed by atoms with E-state index in [1.807, 2.05) is 6.92 Å². The molecule has 1 saturated carbocycles. The van der Waals surface area contributed by atoms with Gasteiger partial charge in [-0.1, -0.05) is 6.07 Å². The average Bonchev–Trinajstić information content (AvgIpc) is 2.81. The van der Waals surface area contributed by atoms with Crippen LogP contribution in [0.5, 0.6) is 5.75 Å². The van der Waals surface area contributed by atoms with Gasteiger partial charge in [0.25, 0.3) is 0 Å². The molecule has 1 aromatic rings. The molecule has 12 heavy (non-hydrogen) atoms. The van der Waals surface area contributed by atoms with E-state index in [1.165, 1.54) is 6.07 Å². The van der Waals surface area contributed by atoms with E-state index in [1.54, 1.807) is 12.1 Å². The maximum atomic E-state index is 13.0. The minimum atomic E-state index is -0.257. The highest BCUT2D eigenvalue weighted by Crippen LogP contribution is 2.28. The highest BCUT2D eigenvalue weighted by molar-refractivity contribution is 5.29. The molecule has 0 heterocycles. The van der Waals surface area contributed by atoms with E-state index in [9.17, 15) is 4.39 Å². The summed E-state index contributed by atoms with van der Waals surface area (Å²) in [4.78, 5) is 0. The molecule has 0 unspecified atom stereocenters. The van der Waals surface area contributed by atoms with E-state index >= 15 is 0 Å². The molecular formula is C10H11FO. The molecule has 1 aromatic carbocycles. The van der Waals surface area contributed by atoms with Gasteiger partial charge in [-0.15, -0.1) is 0 Å². The van der Waals surface area contributed by atoms with E-state index in [0.717, 1.165) is 18.4 Å². The molecule has 0 bridgehead atoms. The van der Waals surface area contributed by atoms with Crippen molar-refractivity contribution < 1.29 is 9.13 Å². The maximum Gasteiger partial charge on any atom is 0.165 e. The van der Waals surface area contributed by atoms with E-state index in [4.69, 9.17) is 4.74 Å². The zero-order valence-corrected chi connectivity index (χ0v) is 7.01. The summed E-state index contributed by atoms with van der Waals surface area (Å²) >= 11 is 0. The third kappa shape index (κ3) is 1.58. The Kier molecular flexibility index (Phi) is 1.75. The van der Waals surface area contributed by atoms with Gasteiger partial charge in [-0.3, -0.25) is 0 Å². The fourth-order valence-electron chi connectivity index (χ4n) is 1.07. The Bertz CT molecular complexity index is 292. The second-order valence-electron chi connectivity index (χ2n) is 3.25. The van der Waals surface area contributed by atoms with Gasteiger partial charge in [0, 0.05) is 0 Å². The van der Waals surface area contributed by atoms with Crippen molar-refractivity contribution in [2.24, 2.45) is 0 Å². The summed E-state index contributed by atoms with van der Waals surface area (Å²) in [6.45, 7) is 1.93. The molecule has 0 N–H and O–H groups in total. The Morgan fingerprint density at radius 1 is 1.42 bits per heavy atom. The minimum Gasteiger partial charge on any atom is -0.487 e. The van der Waals surface area contributed by atoms with Gasteiger partial charge in [-0.05, 0) is 37.5 Å². The van der Waals surface area contributed by atoms with Crippen molar-refractivity contribution in [1.29, 1.82) is 0 Å². The van der Waals surface area contributed by atoms with Crippen molar-refractivity contribution in [3.63, 3.8) is 0 Å². The van der Waals surface area contributed by atoms with Crippen LogP contribution >= 0.6 is 0 Å². The summed E-state index contributed by atoms with van der Waals surface area (Å²) in [5, 5.41) is 0. The number of benzene rings is 1. The molecular weight excluding hydrogens is 155 g/mol. The van der Waals surface area contributed by atoms with Gasteiger partial charge >= 0.3 is 0 Å². The van der Waals surface area contributed by atoms with Crippen LogP contribution in [0.2, 0.25) is 0 Å². The first kappa shape index (κ1) is 7.59. The van der Waals surface area contributed by atoms with E-state index in [0.29, 0.717) is 5.75 Å². The summed E-state index contributed by atoms with van der Waals surface area (Å²) in [5.41, 5.74) is 1.03. The predicted octanol–water partition coefficient (Wildman–Crippen LogP) is 2.68. The second-order valence-corrected chi connectivity index (χ2v) is 3.25. The van der Waals surface area contributed by atoms with Gasteiger partial charge in [-0.25, -0.2) is 4.39 Å². The lowest BCUT2D eigenvalue weighted by molar-refractivity contribution is 0.287. The number of rotatable bonds is 2. The van der Waals surface area contributed by atoms with E-state index in [-0.39, 0.29) is 11.9 Å². The fourth-order valence-corrected chi connectivity index (χ4v) is 1.07. The van der Waals surface area contributed by atoms with Crippen LogP contribution in [0.15, 0.2) is 18.2 Å². The Morgan fingerprint density at radius 3 is 2.83 bits per heavy atom. The number of hydrogen-bond acceptors (Lipinski definition) is 1. The van der Waals surface area contributed by atoms with Gasteiger partial charge in [0.1, 0.15) is 0 Å². The van der Waals surface area contributed by atoms with Crippen LogP contribution in [-0.2, 0) is 0 Å². The summed E-state index contributed by atoms with van der Waals surface area (Å²) in [7, 11) is 0. The van der Waals surface area contributed by atoms with Crippen molar-refractivity contribution in [3.05, 3.63) is 29.6 Å². The van der Waals surface area contributed by atoms with Crippen molar-refractivity contribution >= 4 is 0 Å². The number of hydrogen-bond donors (Lipinski definition) is 0. The van der Waals surface area contributed by atoms with Gasteiger partial charge in [0.15, 0.2) is 11.6 Å². The lowest BCUT2D eigenvalue weighted by atomic mass is 10.2. The highest BCUT2D eigenvalue weighted by atomic mass is 19.1. The summed E-state index contributed by atoms with van der Waals surface area (Å²) < 4.78 is 18.4. The zero-order valence-electron chi connectivity index (χ0n) is 7.01.